The predicted molar refractivity (Wildman–Crippen MR) is 90.4 cm³/mol. The summed E-state index contributed by atoms with van der Waals surface area (Å²) in [6.07, 6.45) is 7.03. The van der Waals surface area contributed by atoms with Crippen molar-refractivity contribution in [2.75, 3.05) is 43.1 Å². The highest BCUT2D eigenvalue weighted by atomic mass is 32.1. The molecule has 0 saturated carbocycles. The molecule has 3 aromatic rings. The van der Waals surface area contributed by atoms with Crippen molar-refractivity contribution in [3.63, 3.8) is 0 Å². The van der Waals surface area contributed by atoms with Crippen molar-refractivity contribution in [1.82, 2.24) is 19.9 Å². The van der Waals surface area contributed by atoms with E-state index in [0.717, 1.165) is 42.8 Å². The molecular formula is C15H16N6OS. The van der Waals surface area contributed by atoms with Gasteiger partial charge in [-0.15, -0.1) is 0 Å². The molecule has 0 radical (unpaired) electrons. The Hall–Kier alpha value is -2.48. The maximum Gasteiger partial charge on any atom is 0.225 e. The van der Waals surface area contributed by atoms with E-state index >= 15 is 0 Å². The predicted octanol–water partition coefficient (Wildman–Crippen LogP) is 1.82. The highest BCUT2D eigenvalue weighted by molar-refractivity contribution is 7.22. The Morgan fingerprint density at radius 2 is 1.78 bits per heavy atom. The Morgan fingerprint density at radius 3 is 2.48 bits per heavy atom. The minimum Gasteiger partial charge on any atom is -0.494 e. The monoisotopic (exact) mass is 328 g/mol. The van der Waals surface area contributed by atoms with Crippen molar-refractivity contribution in [3.05, 3.63) is 30.9 Å². The Labute approximate surface area is 137 Å². The van der Waals surface area contributed by atoms with E-state index in [9.17, 15) is 0 Å². The summed E-state index contributed by atoms with van der Waals surface area (Å²) in [4.78, 5) is 22.0. The molecule has 0 unspecified atom stereocenters. The van der Waals surface area contributed by atoms with Crippen LogP contribution in [0.25, 0.3) is 10.2 Å². The van der Waals surface area contributed by atoms with Crippen LogP contribution in [-0.4, -0.2) is 53.2 Å². The zero-order valence-corrected chi connectivity index (χ0v) is 13.5. The highest BCUT2D eigenvalue weighted by Crippen LogP contribution is 2.29. The zero-order valence-electron chi connectivity index (χ0n) is 12.7. The molecule has 0 spiro atoms. The first-order valence-corrected chi connectivity index (χ1v) is 8.21. The first-order valence-electron chi connectivity index (χ1n) is 7.40. The van der Waals surface area contributed by atoms with E-state index in [1.54, 1.807) is 30.8 Å². The number of anilines is 2. The standard InChI is InChI=1S/C15H16N6OS/c1-22-11-8-17-14(18-9-11)20-4-6-21(7-5-20)15-19-12-10-16-3-2-13(12)23-15/h2-3,8-10H,4-7H2,1H3. The van der Waals surface area contributed by atoms with Crippen LogP contribution >= 0.6 is 11.3 Å². The van der Waals surface area contributed by atoms with Crippen molar-refractivity contribution in [1.29, 1.82) is 0 Å². The molecule has 4 heterocycles. The molecule has 7 nitrogen and oxygen atoms in total. The van der Waals surface area contributed by atoms with Gasteiger partial charge in [0.2, 0.25) is 5.95 Å². The van der Waals surface area contributed by atoms with Crippen LogP contribution in [0.15, 0.2) is 30.9 Å². The average Bonchev–Trinajstić information content (AvgIpc) is 3.06. The van der Waals surface area contributed by atoms with Crippen molar-refractivity contribution >= 4 is 32.6 Å². The van der Waals surface area contributed by atoms with Gasteiger partial charge in [-0.3, -0.25) is 4.98 Å². The number of aromatic nitrogens is 4. The molecule has 0 amide bonds. The van der Waals surface area contributed by atoms with E-state index in [1.165, 1.54) is 4.70 Å². The molecular weight excluding hydrogens is 312 g/mol. The molecule has 118 valence electrons. The Bertz CT molecular complexity index is 764. The van der Waals surface area contributed by atoms with Gasteiger partial charge in [-0.1, -0.05) is 11.3 Å². The molecule has 23 heavy (non-hydrogen) atoms. The van der Waals surface area contributed by atoms with Gasteiger partial charge in [0.05, 0.1) is 30.4 Å². The van der Waals surface area contributed by atoms with Crippen LogP contribution in [0.4, 0.5) is 11.1 Å². The first-order chi connectivity index (χ1) is 11.3. The summed E-state index contributed by atoms with van der Waals surface area (Å²) < 4.78 is 6.27. The van der Waals surface area contributed by atoms with Crippen molar-refractivity contribution < 1.29 is 4.74 Å². The molecule has 1 fully saturated rings. The SMILES string of the molecule is COc1cnc(N2CCN(c3nc4cnccc4s3)CC2)nc1. The molecule has 1 saturated heterocycles. The third kappa shape index (κ3) is 2.77. The van der Waals surface area contributed by atoms with Gasteiger partial charge in [0, 0.05) is 32.4 Å². The second-order valence-electron chi connectivity index (χ2n) is 5.24. The summed E-state index contributed by atoms with van der Waals surface area (Å²) in [7, 11) is 1.62. The number of rotatable bonds is 3. The fourth-order valence-corrected chi connectivity index (χ4v) is 3.56. The Kier molecular flexibility index (Phi) is 3.66. The van der Waals surface area contributed by atoms with Gasteiger partial charge in [0.1, 0.15) is 5.52 Å². The summed E-state index contributed by atoms with van der Waals surface area (Å²) in [5.41, 5.74) is 0.966. The lowest BCUT2D eigenvalue weighted by atomic mass is 10.3. The number of hydrogen-bond donors (Lipinski definition) is 0. The minimum atomic E-state index is 0.676. The second-order valence-corrected chi connectivity index (χ2v) is 6.25. The van der Waals surface area contributed by atoms with Crippen molar-refractivity contribution in [2.24, 2.45) is 0 Å². The van der Waals surface area contributed by atoms with Crippen LogP contribution in [0, 0.1) is 0 Å². The molecule has 1 aliphatic heterocycles. The third-order valence-corrected chi connectivity index (χ3v) is 4.96. The number of piperazine rings is 1. The summed E-state index contributed by atoms with van der Waals surface area (Å²) in [6.45, 7) is 3.56. The molecule has 0 N–H and O–H groups in total. The lowest BCUT2D eigenvalue weighted by molar-refractivity contribution is 0.410. The number of pyridine rings is 1. The van der Waals surface area contributed by atoms with Crippen LogP contribution in [0.3, 0.4) is 0 Å². The van der Waals surface area contributed by atoms with Crippen molar-refractivity contribution in [3.8, 4) is 5.75 Å². The molecule has 8 heteroatoms. The number of thiazole rings is 1. The third-order valence-electron chi connectivity index (χ3n) is 3.86. The lowest BCUT2D eigenvalue weighted by Gasteiger charge is -2.34. The molecule has 0 bridgehead atoms. The molecule has 1 aliphatic rings. The number of methoxy groups -OCH3 is 1. The van der Waals surface area contributed by atoms with E-state index in [1.807, 2.05) is 18.5 Å². The number of fused-ring (bicyclic) bond motifs is 1. The summed E-state index contributed by atoms with van der Waals surface area (Å²) in [5.74, 6) is 1.43. The smallest absolute Gasteiger partial charge is 0.225 e. The maximum atomic E-state index is 5.10. The normalized spacial score (nSPS) is 15.2. The van der Waals surface area contributed by atoms with Crippen LogP contribution < -0.4 is 14.5 Å². The Morgan fingerprint density at radius 1 is 1.04 bits per heavy atom. The summed E-state index contributed by atoms with van der Waals surface area (Å²) >= 11 is 1.71. The molecule has 0 aromatic carbocycles. The minimum absolute atomic E-state index is 0.676. The number of hydrogen-bond acceptors (Lipinski definition) is 8. The quantitative estimate of drug-likeness (QED) is 0.726. The van der Waals surface area contributed by atoms with Crippen LogP contribution in [0.2, 0.25) is 0 Å². The second kappa shape index (κ2) is 5.96. The van der Waals surface area contributed by atoms with E-state index < -0.39 is 0 Å². The molecule has 0 atom stereocenters. The molecule has 0 aliphatic carbocycles. The molecule has 4 rings (SSSR count). The van der Waals surface area contributed by atoms with Crippen LogP contribution in [0.5, 0.6) is 5.75 Å². The number of nitrogens with zero attached hydrogens (tertiary/aromatic N) is 6. The van der Waals surface area contributed by atoms with Gasteiger partial charge in [0.15, 0.2) is 10.9 Å². The largest absolute Gasteiger partial charge is 0.494 e. The fraction of sp³-hybridized carbons (Fsp3) is 0.333. The summed E-state index contributed by atoms with van der Waals surface area (Å²) in [6, 6.07) is 2.01. The van der Waals surface area contributed by atoms with E-state index in [4.69, 9.17) is 4.74 Å². The van der Waals surface area contributed by atoms with E-state index in [2.05, 4.69) is 29.7 Å². The average molecular weight is 328 g/mol. The first kappa shape index (κ1) is 14.1. The maximum absolute atomic E-state index is 5.10. The fourth-order valence-electron chi connectivity index (χ4n) is 2.58. The van der Waals surface area contributed by atoms with Crippen LogP contribution in [0.1, 0.15) is 0 Å². The Balaban J connectivity index is 1.45. The highest BCUT2D eigenvalue weighted by Gasteiger charge is 2.21. The van der Waals surface area contributed by atoms with Crippen LogP contribution in [-0.2, 0) is 0 Å². The van der Waals surface area contributed by atoms with Crippen molar-refractivity contribution in [2.45, 2.75) is 0 Å². The van der Waals surface area contributed by atoms with E-state index in [0.29, 0.717) is 5.75 Å². The van der Waals surface area contributed by atoms with Gasteiger partial charge < -0.3 is 14.5 Å². The van der Waals surface area contributed by atoms with Gasteiger partial charge in [0.25, 0.3) is 0 Å². The van der Waals surface area contributed by atoms with Gasteiger partial charge in [-0.2, -0.15) is 0 Å². The van der Waals surface area contributed by atoms with Gasteiger partial charge in [-0.05, 0) is 6.07 Å². The topological polar surface area (TPSA) is 67.3 Å². The van der Waals surface area contributed by atoms with E-state index in [-0.39, 0.29) is 0 Å². The van der Waals surface area contributed by atoms with Gasteiger partial charge in [-0.25, -0.2) is 15.0 Å². The summed E-state index contributed by atoms with van der Waals surface area (Å²) in [5, 5.41) is 1.06. The van der Waals surface area contributed by atoms with Gasteiger partial charge >= 0.3 is 0 Å². The lowest BCUT2D eigenvalue weighted by Crippen LogP contribution is -2.47. The molecule has 3 aromatic heterocycles. The number of ether oxygens (including phenoxy) is 1. The zero-order chi connectivity index (χ0) is 15.6.